The van der Waals surface area contributed by atoms with Crippen LogP contribution in [-0.4, -0.2) is 31.6 Å². The summed E-state index contributed by atoms with van der Waals surface area (Å²) in [5.74, 6) is -0.205. The van der Waals surface area contributed by atoms with E-state index in [4.69, 9.17) is 4.74 Å². The lowest BCUT2D eigenvalue weighted by molar-refractivity contribution is -0.148. The van der Waals surface area contributed by atoms with Crippen molar-refractivity contribution in [3.63, 3.8) is 0 Å². The Morgan fingerprint density at radius 2 is 1.73 bits per heavy atom. The van der Waals surface area contributed by atoms with Gasteiger partial charge in [-0.25, -0.2) is 0 Å². The highest BCUT2D eigenvalue weighted by molar-refractivity contribution is 6.04. The number of hydrogen-bond acceptors (Lipinski definition) is 4. The zero-order valence-electron chi connectivity index (χ0n) is 18.4. The summed E-state index contributed by atoms with van der Waals surface area (Å²) >= 11 is 0. The van der Waals surface area contributed by atoms with Gasteiger partial charge >= 0.3 is 5.97 Å². The molecule has 0 radical (unpaired) electrons. The van der Waals surface area contributed by atoms with Crippen molar-refractivity contribution in [1.82, 2.24) is 0 Å². The molecule has 1 amide bonds. The van der Waals surface area contributed by atoms with E-state index in [1.807, 2.05) is 49.4 Å². The smallest absolute Gasteiger partial charge is 0.309 e. The number of carbonyl (C=O) groups excluding carboxylic acids is 2. The fraction of sp³-hybridized carbons (Fsp3) is 0.440. The number of piperidine rings is 1. The van der Waals surface area contributed by atoms with Gasteiger partial charge in [0.25, 0.3) is 5.91 Å². The molecule has 160 valence electrons. The van der Waals surface area contributed by atoms with E-state index in [0.29, 0.717) is 12.2 Å². The molecule has 1 saturated heterocycles. The van der Waals surface area contributed by atoms with E-state index < -0.39 is 0 Å². The van der Waals surface area contributed by atoms with Crippen molar-refractivity contribution in [3.8, 4) is 0 Å². The number of carbonyl (C=O) groups is 2. The van der Waals surface area contributed by atoms with Gasteiger partial charge < -0.3 is 15.0 Å². The van der Waals surface area contributed by atoms with Crippen LogP contribution < -0.4 is 10.2 Å². The van der Waals surface area contributed by atoms with Crippen molar-refractivity contribution in [3.05, 3.63) is 59.7 Å². The summed E-state index contributed by atoms with van der Waals surface area (Å²) in [5, 5.41) is 3.00. The average Bonchev–Trinajstić information content (AvgIpc) is 2.74. The molecule has 0 spiro atoms. The maximum Gasteiger partial charge on any atom is 0.309 e. The second-order valence-electron chi connectivity index (χ2n) is 8.85. The zero-order chi connectivity index (χ0) is 21.7. The highest BCUT2D eigenvalue weighted by atomic mass is 16.5. The standard InChI is InChI=1S/C25H32N2O3/c1-5-30-24(29)19-13-15-27(16-14-19)22-11-9-18(10-12-22)23(28)26-21-8-6-7-20(17-21)25(2,3)4/h6-12,17,19H,5,13-16H2,1-4H3,(H,26,28). The van der Waals surface area contributed by atoms with E-state index >= 15 is 0 Å². The number of rotatable bonds is 5. The Morgan fingerprint density at radius 1 is 1.07 bits per heavy atom. The molecule has 3 rings (SSSR count). The minimum atomic E-state index is -0.117. The van der Waals surface area contributed by atoms with Crippen LogP contribution in [0, 0.1) is 5.92 Å². The van der Waals surface area contributed by atoms with E-state index in [9.17, 15) is 9.59 Å². The highest BCUT2D eigenvalue weighted by Gasteiger charge is 2.26. The van der Waals surface area contributed by atoms with Crippen molar-refractivity contribution in [2.45, 2.75) is 46.0 Å². The Bertz CT molecular complexity index is 876. The summed E-state index contributed by atoms with van der Waals surface area (Å²) in [5.41, 5.74) is 3.72. The van der Waals surface area contributed by atoms with Crippen molar-refractivity contribution < 1.29 is 14.3 Å². The van der Waals surface area contributed by atoms with Crippen molar-refractivity contribution in [1.29, 1.82) is 0 Å². The molecule has 1 fully saturated rings. The molecule has 5 nitrogen and oxygen atoms in total. The normalized spacial score (nSPS) is 15.0. The molecular formula is C25H32N2O3. The maximum absolute atomic E-state index is 12.7. The summed E-state index contributed by atoms with van der Waals surface area (Å²) in [7, 11) is 0. The largest absolute Gasteiger partial charge is 0.466 e. The third-order valence-corrected chi connectivity index (χ3v) is 5.60. The third-order valence-electron chi connectivity index (χ3n) is 5.60. The Balaban J connectivity index is 1.59. The number of amides is 1. The first-order chi connectivity index (χ1) is 14.3. The molecule has 1 N–H and O–H groups in total. The lowest BCUT2D eigenvalue weighted by Gasteiger charge is -2.32. The Morgan fingerprint density at radius 3 is 2.33 bits per heavy atom. The fourth-order valence-electron chi connectivity index (χ4n) is 3.72. The van der Waals surface area contributed by atoms with Gasteiger partial charge in [0, 0.05) is 30.0 Å². The first-order valence-electron chi connectivity index (χ1n) is 10.7. The molecule has 1 aliphatic heterocycles. The van der Waals surface area contributed by atoms with Gasteiger partial charge in [0.1, 0.15) is 0 Å². The topological polar surface area (TPSA) is 58.6 Å². The van der Waals surface area contributed by atoms with E-state index in [1.165, 1.54) is 5.56 Å². The quantitative estimate of drug-likeness (QED) is 0.706. The van der Waals surface area contributed by atoms with Crippen LogP contribution >= 0.6 is 0 Å². The monoisotopic (exact) mass is 408 g/mol. The fourth-order valence-corrected chi connectivity index (χ4v) is 3.72. The molecular weight excluding hydrogens is 376 g/mol. The molecule has 0 saturated carbocycles. The molecule has 0 atom stereocenters. The van der Waals surface area contributed by atoms with E-state index in [1.54, 1.807) is 0 Å². The van der Waals surface area contributed by atoms with Gasteiger partial charge in [-0.2, -0.15) is 0 Å². The molecule has 0 aromatic heterocycles. The lowest BCUT2D eigenvalue weighted by Crippen LogP contribution is -2.37. The van der Waals surface area contributed by atoms with Crippen LogP contribution in [0.3, 0.4) is 0 Å². The van der Waals surface area contributed by atoms with Crippen LogP contribution in [0.4, 0.5) is 11.4 Å². The first-order valence-corrected chi connectivity index (χ1v) is 10.7. The molecule has 2 aromatic rings. The van der Waals surface area contributed by atoms with Gasteiger partial charge in [0.2, 0.25) is 0 Å². The summed E-state index contributed by atoms with van der Waals surface area (Å²) in [4.78, 5) is 26.8. The summed E-state index contributed by atoms with van der Waals surface area (Å²) in [6.45, 7) is 10.4. The van der Waals surface area contributed by atoms with E-state index in [2.05, 4.69) is 37.1 Å². The number of ether oxygens (including phenoxy) is 1. The molecule has 1 heterocycles. The molecule has 0 unspecified atom stereocenters. The van der Waals surface area contributed by atoms with Crippen LogP contribution in [0.15, 0.2) is 48.5 Å². The van der Waals surface area contributed by atoms with Gasteiger partial charge in [-0.1, -0.05) is 32.9 Å². The maximum atomic E-state index is 12.7. The minimum absolute atomic E-state index is 0.00453. The summed E-state index contributed by atoms with van der Waals surface area (Å²) < 4.78 is 5.14. The average molecular weight is 409 g/mol. The van der Waals surface area contributed by atoms with Crippen molar-refractivity contribution in [2.75, 3.05) is 29.9 Å². The minimum Gasteiger partial charge on any atom is -0.466 e. The number of benzene rings is 2. The summed E-state index contributed by atoms with van der Waals surface area (Å²) in [6, 6.07) is 15.7. The Hall–Kier alpha value is -2.82. The number of anilines is 2. The molecule has 30 heavy (non-hydrogen) atoms. The molecule has 0 aliphatic carbocycles. The SMILES string of the molecule is CCOC(=O)C1CCN(c2ccc(C(=O)Nc3cccc(C(C)(C)C)c3)cc2)CC1. The Labute approximate surface area is 179 Å². The molecule has 1 aliphatic rings. The van der Waals surface area contributed by atoms with Gasteiger partial charge in [-0.3, -0.25) is 9.59 Å². The van der Waals surface area contributed by atoms with Crippen LogP contribution in [-0.2, 0) is 14.9 Å². The number of nitrogens with one attached hydrogen (secondary N) is 1. The van der Waals surface area contributed by atoms with Crippen LogP contribution in [0.1, 0.15) is 56.5 Å². The predicted octanol–water partition coefficient (Wildman–Crippen LogP) is 5.02. The van der Waals surface area contributed by atoms with E-state index in [0.717, 1.165) is 37.3 Å². The predicted molar refractivity (Wildman–Crippen MR) is 121 cm³/mol. The molecule has 0 bridgehead atoms. The molecule has 2 aromatic carbocycles. The highest BCUT2D eigenvalue weighted by Crippen LogP contribution is 2.26. The third kappa shape index (κ3) is 5.41. The number of hydrogen-bond donors (Lipinski definition) is 1. The number of nitrogens with zero attached hydrogens (tertiary/aromatic N) is 1. The van der Waals surface area contributed by atoms with Crippen LogP contribution in [0.2, 0.25) is 0 Å². The second-order valence-corrected chi connectivity index (χ2v) is 8.85. The van der Waals surface area contributed by atoms with E-state index in [-0.39, 0.29) is 23.2 Å². The van der Waals surface area contributed by atoms with Crippen LogP contribution in [0.25, 0.3) is 0 Å². The van der Waals surface area contributed by atoms with Crippen LogP contribution in [0.5, 0.6) is 0 Å². The van der Waals surface area contributed by atoms with Crippen molar-refractivity contribution in [2.24, 2.45) is 5.92 Å². The van der Waals surface area contributed by atoms with Crippen molar-refractivity contribution >= 4 is 23.3 Å². The van der Waals surface area contributed by atoms with Gasteiger partial charge in [0.05, 0.1) is 12.5 Å². The van der Waals surface area contributed by atoms with Gasteiger partial charge in [-0.05, 0) is 67.1 Å². The molecule has 5 heteroatoms. The second kappa shape index (κ2) is 9.33. The zero-order valence-corrected chi connectivity index (χ0v) is 18.4. The van der Waals surface area contributed by atoms with Gasteiger partial charge in [-0.15, -0.1) is 0 Å². The Kier molecular flexibility index (Phi) is 6.80. The summed E-state index contributed by atoms with van der Waals surface area (Å²) in [6.07, 6.45) is 1.59. The number of esters is 1. The van der Waals surface area contributed by atoms with Gasteiger partial charge in [0.15, 0.2) is 0 Å². The first kappa shape index (κ1) is 21.9. The lowest BCUT2D eigenvalue weighted by atomic mass is 9.87.